The summed E-state index contributed by atoms with van der Waals surface area (Å²) in [5.74, 6) is 0.798. The highest BCUT2D eigenvalue weighted by Gasteiger charge is 2.27. The number of likely N-dealkylation sites (N-methyl/N-ethyl adjacent to an activating group) is 1. The van der Waals surface area contributed by atoms with Crippen LogP contribution in [-0.4, -0.2) is 39.1 Å². The average Bonchev–Trinajstić information content (AvgIpc) is 3.22. The highest BCUT2D eigenvalue weighted by molar-refractivity contribution is 8.00. The van der Waals surface area contributed by atoms with E-state index in [0.29, 0.717) is 24.1 Å². The van der Waals surface area contributed by atoms with Gasteiger partial charge in [0.05, 0.1) is 0 Å². The zero-order valence-electron chi connectivity index (χ0n) is 16.6. The molecular formula is C22H26N4OS. The van der Waals surface area contributed by atoms with E-state index in [1.807, 2.05) is 61.2 Å². The highest BCUT2D eigenvalue weighted by Crippen LogP contribution is 2.35. The van der Waals surface area contributed by atoms with Gasteiger partial charge < -0.3 is 4.90 Å². The molecule has 2 aromatic carbocycles. The molecule has 0 aliphatic carbocycles. The number of aryl methyl sites for hydroxylation is 1. The van der Waals surface area contributed by atoms with Crippen LogP contribution in [-0.2, 0) is 11.2 Å². The Balaban J connectivity index is 1.84. The number of hydrogen-bond donors (Lipinski definition) is 1. The van der Waals surface area contributed by atoms with Crippen molar-refractivity contribution < 1.29 is 4.79 Å². The number of H-pyrrole nitrogens is 1. The second-order valence-corrected chi connectivity index (χ2v) is 7.51. The standard InChI is InChI=1S/C22H26N4OS/c1-4-16-12-14-18(15-13-16)20-23-22(25-24-20)28-19(17-10-8-7-9-11-17)21(27)26(5-2)6-3/h7-15,19H,4-6H2,1-3H3,(H,23,24,25). The Kier molecular flexibility index (Phi) is 6.87. The molecule has 0 aliphatic rings. The third-order valence-electron chi connectivity index (χ3n) is 4.73. The number of rotatable bonds is 8. The van der Waals surface area contributed by atoms with E-state index in [0.717, 1.165) is 17.5 Å². The molecule has 1 N–H and O–H groups in total. The molecule has 0 aliphatic heterocycles. The van der Waals surface area contributed by atoms with Crippen LogP contribution in [0.1, 0.15) is 37.1 Å². The Morgan fingerprint density at radius 2 is 1.71 bits per heavy atom. The number of benzene rings is 2. The van der Waals surface area contributed by atoms with E-state index in [4.69, 9.17) is 0 Å². The maximum absolute atomic E-state index is 13.1. The molecule has 1 heterocycles. The van der Waals surface area contributed by atoms with Gasteiger partial charge in [0.25, 0.3) is 0 Å². The molecule has 0 saturated carbocycles. The predicted molar refractivity (Wildman–Crippen MR) is 114 cm³/mol. The molecule has 0 bridgehead atoms. The molecule has 1 aromatic heterocycles. The summed E-state index contributed by atoms with van der Waals surface area (Å²) in [4.78, 5) is 19.6. The largest absolute Gasteiger partial charge is 0.342 e. The predicted octanol–water partition coefficient (Wildman–Crippen LogP) is 4.74. The van der Waals surface area contributed by atoms with Gasteiger partial charge in [-0.3, -0.25) is 9.89 Å². The van der Waals surface area contributed by atoms with Crippen LogP contribution in [0.3, 0.4) is 0 Å². The molecule has 3 rings (SSSR count). The Bertz CT molecular complexity index is 888. The number of thioether (sulfide) groups is 1. The number of carbonyl (C=O) groups is 1. The van der Waals surface area contributed by atoms with Gasteiger partial charge in [-0.05, 0) is 31.4 Å². The minimum Gasteiger partial charge on any atom is -0.342 e. The van der Waals surface area contributed by atoms with E-state index >= 15 is 0 Å². The lowest BCUT2D eigenvalue weighted by atomic mass is 10.1. The Morgan fingerprint density at radius 1 is 1.04 bits per heavy atom. The summed E-state index contributed by atoms with van der Waals surface area (Å²) in [6, 6.07) is 18.1. The molecule has 28 heavy (non-hydrogen) atoms. The van der Waals surface area contributed by atoms with Crippen molar-refractivity contribution in [2.75, 3.05) is 13.1 Å². The fourth-order valence-electron chi connectivity index (χ4n) is 3.02. The molecule has 0 radical (unpaired) electrons. The summed E-state index contributed by atoms with van der Waals surface area (Å²) in [6.07, 6.45) is 1.00. The summed E-state index contributed by atoms with van der Waals surface area (Å²) in [5.41, 5.74) is 3.23. The fourth-order valence-corrected chi connectivity index (χ4v) is 4.02. The van der Waals surface area contributed by atoms with Crippen molar-refractivity contribution in [1.29, 1.82) is 0 Å². The molecule has 0 spiro atoms. The fraction of sp³-hybridized carbons (Fsp3) is 0.318. The minimum atomic E-state index is -0.368. The Morgan fingerprint density at radius 3 is 2.32 bits per heavy atom. The minimum absolute atomic E-state index is 0.0832. The van der Waals surface area contributed by atoms with Crippen LogP contribution in [0.25, 0.3) is 11.4 Å². The van der Waals surface area contributed by atoms with E-state index in [-0.39, 0.29) is 11.2 Å². The SMILES string of the molecule is CCc1ccc(-c2nc(SC(C(=O)N(CC)CC)c3ccccc3)n[nH]2)cc1. The highest BCUT2D eigenvalue weighted by atomic mass is 32.2. The first-order valence-electron chi connectivity index (χ1n) is 9.68. The van der Waals surface area contributed by atoms with Gasteiger partial charge >= 0.3 is 0 Å². The second-order valence-electron chi connectivity index (χ2n) is 6.44. The van der Waals surface area contributed by atoms with E-state index in [9.17, 15) is 4.79 Å². The van der Waals surface area contributed by atoms with Crippen molar-refractivity contribution in [3.63, 3.8) is 0 Å². The molecule has 5 nitrogen and oxygen atoms in total. The van der Waals surface area contributed by atoms with Gasteiger partial charge in [0.15, 0.2) is 5.82 Å². The number of aromatic amines is 1. The summed E-state index contributed by atoms with van der Waals surface area (Å²) in [7, 11) is 0. The van der Waals surface area contributed by atoms with Crippen molar-refractivity contribution in [3.8, 4) is 11.4 Å². The molecule has 0 saturated heterocycles. The molecule has 6 heteroatoms. The zero-order chi connectivity index (χ0) is 19.9. The number of aromatic nitrogens is 3. The number of nitrogens with one attached hydrogen (secondary N) is 1. The first-order valence-corrected chi connectivity index (χ1v) is 10.6. The lowest BCUT2D eigenvalue weighted by molar-refractivity contribution is -0.130. The van der Waals surface area contributed by atoms with Gasteiger partial charge in [0.2, 0.25) is 11.1 Å². The van der Waals surface area contributed by atoms with E-state index < -0.39 is 0 Å². The monoisotopic (exact) mass is 394 g/mol. The smallest absolute Gasteiger partial charge is 0.240 e. The molecule has 1 amide bonds. The summed E-state index contributed by atoms with van der Waals surface area (Å²) < 4.78 is 0. The van der Waals surface area contributed by atoms with Crippen molar-refractivity contribution >= 4 is 17.7 Å². The topological polar surface area (TPSA) is 61.9 Å². The van der Waals surface area contributed by atoms with Gasteiger partial charge in [-0.2, -0.15) is 0 Å². The van der Waals surface area contributed by atoms with Crippen LogP contribution in [0.15, 0.2) is 59.8 Å². The third kappa shape index (κ3) is 4.62. The van der Waals surface area contributed by atoms with Gasteiger partial charge in [0.1, 0.15) is 5.25 Å². The molecule has 1 unspecified atom stereocenters. The lowest BCUT2D eigenvalue weighted by Crippen LogP contribution is -2.33. The quantitative estimate of drug-likeness (QED) is 0.561. The maximum atomic E-state index is 13.1. The summed E-state index contributed by atoms with van der Waals surface area (Å²) >= 11 is 1.39. The number of amides is 1. The zero-order valence-corrected chi connectivity index (χ0v) is 17.4. The van der Waals surface area contributed by atoms with Crippen LogP contribution in [0.5, 0.6) is 0 Å². The van der Waals surface area contributed by atoms with E-state index in [2.05, 4.69) is 34.2 Å². The van der Waals surface area contributed by atoms with Gasteiger partial charge in [-0.1, -0.05) is 73.3 Å². The van der Waals surface area contributed by atoms with Gasteiger partial charge in [-0.25, -0.2) is 4.98 Å². The molecular weight excluding hydrogens is 368 g/mol. The molecule has 0 fully saturated rings. The number of hydrogen-bond acceptors (Lipinski definition) is 4. The summed E-state index contributed by atoms with van der Waals surface area (Å²) in [6.45, 7) is 7.50. The van der Waals surface area contributed by atoms with E-state index in [1.54, 1.807) is 0 Å². The van der Waals surface area contributed by atoms with Crippen LogP contribution >= 0.6 is 11.8 Å². The van der Waals surface area contributed by atoms with E-state index in [1.165, 1.54) is 17.3 Å². The lowest BCUT2D eigenvalue weighted by Gasteiger charge is -2.24. The van der Waals surface area contributed by atoms with Crippen LogP contribution in [0, 0.1) is 0 Å². The number of nitrogens with zero attached hydrogens (tertiary/aromatic N) is 3. The van der Waals surface area contributed by atoms with Gasteiger partial charge in [-0.15, -0.1) is 5.10 Å². The number of carbonyl (C=O) groups excluding carboxylic acids is 1. The van der Waals surface area contributed by atoms with Crippen molar-refractivity contribution in [2.45, 2.75) is 37.6 Å². The van der Waals surface area contributed by atoms with Crippen LogP contribution < -0.4 is 0 Å². The second kappa shape index (κ2) is 9.55. The summed E-state index contributed by atoms with van der Waals surface area (Å²) in [5, 5.41) is 7.56. The molecule has 146 valence electrons. The van der Waals surface area contributed by atoms with Crippen LogP contribution in [0.2, 0.25) is 0 Å². The normalized spacial score (nSPS) is 12.0. The molecule has 3 aromatic rings. The Hall–Kier alpha value is -2.60. The van der Waals surface area contributed by atoms with Crippen molar-refractivity contribution in [2.24, 2.45) is 0 Å². The maximum Gasteiger partial charge on any atom is 0.240 e. The van der Waals surface area contributed by atoms with Crippen molar-refractivity contribution in [3.05, 3.63) is 65.7 Å². The Labute approximate surface area is 170 Å². The first-order chi connectivity index (χ1) is 13.7. The van der Waals surface area contributed by atoms with Crippen molar-refractivity contribution in [1.82, 2.24) is 20.1 Å². The average molecular weight is 395 g/mol. The van der Waals surface area contributed by atoms with Crippen LogP contribution in [0.4, 0.5) is 0 Å². The third-order valence-corrected chi connectivity index (χ3v) is 5.83. The van der Waals surface area contributed by atoms with Gasteiger partial charge in [0, 0.05) is 18.7 Å². The first kappa shape index (κ1) is 20.1. The molecule has 1 atom stereocenters.